The van der Waals surface area contributed by atoms with Gasteiger partial charge < -0.3 is 9.54 Å². The molecule has 0 saturated heterocycles. The van der Waals surface area contributed by atoms with E-state index in [1.54, 1.807) is 18.5 Å². The van der Waals surface area contributed by atoms with Crippen molar-refractivity contribution in [3.8, 4) is 17.3 Å². The summed E-state index contributed by atoms with van der Waals surface area (Å²) in [5, 5.41) is 14.9. The highest BCUT2D eigenvalue weighted by molar-refractivity contribution is 7.91. The second kappa shape index (κ2) is 8.53. The van der Waals surface area contributed by atoms with Crippen LogP contribution >= 0.6 is 0 Å². The molecule has 1 saturated carbocycles. The highest BCUT2D eigenvalue weighted by atomic mass is 32.2. The quantitative estimate of drug-likeness (QED) is 0.477. The van der Waals surface area contributed by atoms with Crippen molar-refractivity contribution in [3.63, 3.8) is 0 Å². The number of nitrogens with zero attached hydrogens (tertiary/aromatic N) is 5. The molecule has 7 nitrogen and oxygen atoms in total. The predicted octanol–water partition coefficient (Wildman–Crippen LogP) is 4.23. The van der Waals surface area contributed by atoms with E-state index in [0.29, 0.717) is 28.2 Å². The van der Waals surface area contributed by atoms with Gasteiger partial charge in [-0.05, 0) is 55.1 Å². The molecule has 1 aliphatic rings. The summed E-state index contributed by atoms with van der Waals surface area (Å²) >= 11 is -1.14. The summed E-state index contributed by atoms with van der Waals surface area (Å²) in [5.74, 6) is 1.02. The van der Waals surface area contributed by atoms with Gasteiger partial charge in [0.2, 0.25) is 0 Å². The van der Waals surface area contributed by atoms with E-state index in [4.69, 9.17) is 0 Å². The van der Waals surface area contributed by atoms with Gasteiger partial charge in [-0.15, -0.1) is 0 Å². The average Bonchev–Trinajstić information content (AvgIpc) is 3.49. The fourth-order valence-electron chi connectivity index (χ4n) is 4.40. The third kappa shape index (κ3) is 3.94. The normalized spacial score (nSPS) is 19.9. The van der Waals surface area contributed by atoms with E-state index in [1.165, 1.54) is 0 Å². The van der Waals surface area contributed by atoms with Gasteiger partial charge in [0.05, 0.1) is 17.9 Å². The lowest BCUT2D eigenvalue weighted by molar-refractivity contribution is 0.275. The summed E-state index contributed by atoms with van der Waals surface area (Å²) in [6.07, 6.45) is 11.4. The molecule has 1 fully saturated rings. The minimum absolute atomic E-state index is 0.341. The highest BCUT2D eigenvalue weighted by Gasteiger charge is 2.28. The van der Waals surface area contributed by atoms with Crippen LogP contribution in [0.4, 0.5) is 0 Å². The molecular weight excluding hydrogens is 408 g/mol. The Morgan fingerprint density at radius 2 is 2.00 bits per heavy atom. The van der Waals surface area contributed by atoms with Crippen molar-refractivity contribution < 1.29 is 4.55 Å². The molecule has 4 aromatic rings. The molecule has 3 heterocycles. The van der Waals surface area contributed by atoms with Crippen LogP contribution in [0.25, 0.3) is 22.3 Å². The fraction of sp³-hybridized carbons (Fsp3) is 0.304. The topological polar surface area (TPSA) is 106 Å². The van der Waals surface area contributed by atoms with Crippen molar-refractivity contribution in [1.82, 2.24) is 24.7 Å². The molecule has 8 heteroatoms. The lowest BCUT2D eigenvalue weighted by Crippen LogP contribution is -2.24. The maximum absolute atomic E-state index is 12.8. The maximum Gasteiger partial charge on any atom is 0.170 e. The third-order valence-corrected chi connectivity index (χ3v) is 7.68. The smallest absolute Gasteiger partial charge is 0.170 e. The van der Waals surface area contributed by atoms with Crippen molar-refractivity contribution in [3.05, 3.63) is 60.8 Å². The molecule has 0 aliphatic heterocycles. The van der Waals surface area contributed by atoms with Crippen molar-refractivity contribution >= 4 is 22.2 Å². The molecule has 1 aromatic carbocycles. The molecule has 0 spiro atoms. The molecule has 31 heavy (non-hydrogen) atoms. The predicted molar refractivity (Wildman–Crippen MR) is 119 cm³/mol. The number of nitriles is 1. The molecule has 5 rings (SSSR count). The number of fused-ring (bicyclic) bond motifs is 1. The first-order valence-corrected chi connectivity index (χ1v) is 11.7. The largest absolute Gasteiger partial charge is 0.611 e. The zero-order chi connectivity index (χ0) is 21.2. The van der Waals surface area contributed by atoms with E-state index in [0.717, 1.165) is 48.0 Å². The van der Waals surface area contributed by atoms with Gasteiger partial charge in [0.1, 0.15) is 29.4 Å². The van der Waals surface area contributed by atoms with Crippen LogP contribution in [0.3, 0.4) is 0 Å². The third-order valence-electron chi connectivity index (χ3n) is 6.06. The monoisotopic (exact) mass is 430 g/mol. The number of aromatic nitrogens is 5. The molecule has 1 aliphatic carbocycles. The van der Waals surface area contributed by atoms with E-state index in [2.05, 4.69) is 32.3 Å². The Kier molecular flexibility index (Phi) is 5.45. The summed E-state index contributed by atoms with van der Waals surface area (Å²) in [7, 11) is 0. The van der Waals surface area contributed by atoms with Gasteiger partial charge in [-0.1, -0.05) is 12.1 Å². The average molecular weight is 431 g/mol. The first kappa shape index (κ1) is 19.8. The van der Waals surface area contributed by atoms with Crippen LogP contribution in [0.1, 0.15) is 37.3 Å². The van der Waals surface area contributed by atoms with E-state index < -0.39 is 11.2 Å². The van der Waals surface area contributed by atoms with Crippen LogP contribution in [0.2, 0.25) is 0 Å². The second-order valence-corrected chi connectivity index (χ2v) is 9.43. The number of H-pyrrole nitrogens is 1. The highest BCUT2D eigenvalue weighted by Crippen LogP contribution is 2.35. The summed E-state index contributed by atoms with van der Waals surface area (Å²) in [6.45, 7) is 0. The molecule has 1 N–H and O–H groups in total. The number of hydrogen-bond donors (Lipinski definition) is 1. The van der Waals surface area contributed by atoms with Gasteiger partial charge >= 0.3 is 0 Å². The molecule has 0 radical (unpaired) electrons. The van der Waals surface area contributed by atoms with E-state index in [1.807, 2.05) is 35.3 Å². The van der Waals surface area contributed by atoms with E-state index in [-0.39, 0.29) is 0 Å². The van der Waals surface area contributed by atoms with E-state index >= 15 is 0 Å². The zero-order valence-corrected chi connectivity index (χ0v) is 17.8. The first-order valence-electron chi connectivity index (χ1n) is 10.4. The van der Waals surface area contributed by atoms with Gasteiger partial charge in [-0.25, -0.2) is 9.97 Å². The van der Waals surface area contributed by atoms with Crippen LogP contribution in [0.5, 0.6) is 0 Å². The minimum atomic E-state index is -1.14. The van der Waals surface area contributed by atoms with Crippen LogP contribution < -0.4 is 0 Å². The Bertz CT molecular complexity index is 1230. The zero-order valence-electron chi connectivity index (χ0n) is 16.9. The standard InChI is InChI=1S/C23H22N6OS/c24-11-17-3-1-2-4-21(17)31(30)14-16-5-7-19(8-6-16)29-13-18(12-28-29)22-20-9-10-25-23(20)27-15-26-22/h1-4,9-10,12-13,15-16,19H,5-8,14H2,(H,25,26,27)/t16-,19+,31?. The number of rotatable bonds is 5. The van der Waals surface area contributed by atoms with Crippen molar-refractivity contribution in [1.29, 1.82) is 5.26 Å². The summed E-state index contributed by atoms with van der Waals surface area (Å²) in [5.41, 5.74) is 3.21. The first-order chi connectivity index (χ1) is 15.2. The molecular formula is C23H22N6OS. The van der Waals surface area contributed by atoms with Crippen molar-refractivity contribution in [2.45, 2.75) is 36.6 Å². The molecule has 3 aromatic heterocycles. The van der Waals surface area contributed by atoms with Crippen molar-refractivity contribution in [2.75, 3.05) is 5.75 Å². The maximum atomic E-state index is 12.8. The summed E-state index contributed by atoms with van der Waals surface area (Å²) in [6, 6.07) is 11.7. The van der Waals surface area contributed by atoms with E-state index in [9.17, 15) is 9.81 Å². The lowest BCUT2D eigenvalue weighted by Gasteiger charge is -2.28. The number of benzene rings is 1. The molecule has 156 valence electrons. The fourth-order valence-corrected chi connectivity index (χ4v) is 5.93. The van der Waals surface area contributed by atoms with Gasteiger partial charge in [0.25, 0.3) is 0 Å². The lowest BCUT2D eigenvalue weighted by atomic mass is 9.87. The van der Waals surface area contributed by atoms with Gasteiger partial charge in [-0.3, -0.25) is 4.68 Å². The second-order valence-electron chi connectivity index (χ2n) is 7.97. The van der Waals surface area contributed by atoms with Gasteiger partial charge in [0.15, 0.2) is 4.90 Å². The SMILES string of the molecule is N#Cc1ccccc1[S+]([O-])C[C@H]1CC[C@@H](n2cc(-c3ncnc4[nH]ccc34)cn2)CC1. The molecule has 1 unspecified atom stereocenters. The number of aromatic amines is 1. The van der Waals surface area contributed by atoms with Crippen LogP contribution in [-0.2, 0) is 11.2 Å². The Labute approximate surface area is 183 Å². The van der Waals surface area contributed by atoms with Crippen LogP contribution in [0, 0.1) is 17.2 Å². The Morgan fingerprint density at radius 3 is 2.84 bits per heavy atom. The van der Waals surface area contributed by atoms with Crippen LogP contribution in [0.15, 0.2) is 60.1 Å². The summed E-state index contributed by atoms with van der Waals surface area (Å²) < 4.78 is 14.9. The Morgan fingerprint density at radius 1 is 1.16 bits per heavy atom. The number of hydrogen-bond acceptors (Lipinski definition) is 5. The number of nitrogens with one attached hydrogen (secondary N) is 1. The van der Waals surface area contributed by atoms with Gasteiger partial charge in [0, 0.05) is 29.3 Å². The minimum Gasteiger partial charge on any atom is -0.611 e. The molecule has 0 amide bonds. The Balaban J connectivity index is 1.23. The van der Waals surface area contributed by atoms with Crippen molar-refractivity contribution in [2.24, 2.45) is 5.92 Å². The molecule has 1 atom stereocenters. The molecule has 0 bridgehead atoms. The van der Waals surface area contributed by atoms with Crippen LogP contribution in [-0.4, -0.2) is 35.0 Å². The Hall–Kier alpha value is -3.15. The summed E-state index contributed by atoms with van der Waals surface area (Å²) in [4.78, 5) is 12.5. The van der Waals surface area contributed by atoms with Gasteiger partial charge in [-0.2, -0.15) is 10.4 Å².